The number of fused-ring (bicyclic) bond motifs is 1. The van der Waals surface area contributed by atoms with E-state index in [1.165, 1.54) is 18.0 Å². The molecular weight excluding hydrogens is 396 g/mol. The van der Waals surface area contributed by atoms with E-state index in [1.54, 1.807) is 29.7 Å². The summed E-state index contributed by atoms with van der Waals surface area (Å²) < 4.78 is 1.67. The first kappa shape index (κ1) is 20.4. The van der Waals surface area contributed by atoms with E-state index in [1.807, 2.05) is 18.2 Å². The number of amides is 1. The van der Waals surface area contributed by atoms with Gasteiger partial charge in [0.05, 0.1) is 21.2 Å². The van der Waals surface area contributed by atoms with Crippen LogP contribution in [0.3, 0.4) is 0 Å². The number of hydrogen-bond donors (Lipinski definition) is 1. The first-order valence-corrected chi connectivity index (χ1v) is 10.3. The Labute approximate surface area is 172 Å². The highest BCUT2D eigenvalue weighted by atomic mass is 35.5. The topological polar surface area (TPSA) is 76.9 Å². The van der Waals surface area contributed by atoms with Gasteiger partial charge >= 0.3 is 0 Å². The molecule has 1 N–H and O–H groups in total. The van der Waals surface area contributed by atoms with E-state index in [2.05, 4.69) is 22.2 Å². The van der Waals surface area contributed by atoms with Crippen molar-refractivity contribution < 1.29 is 4.79 Å². The highest BCUT2D eigenvalue weighted by Crippen LogP contribution is 2.24. The van der Waals surface area contributed by atoms with Crippen LogP contribution in [0.5, 0.6) is 0 Å². The Morgan fingerprint density at radius 2 is 2.07 bits per heavy atom. The summed E-state index contributed by atoms with van der Waals surface area (Å²) in [5.74, 6) is 0.209. The van der Waals surface area contributed by atoms with Gasteiger partial charge in [-0.25, -0.2) is 9.97 Å². The van der Waals surface area contributed by atoms with E-state index in [0.717, 1.165) is 12.8 Å². The maximum absolute atomic E-state index is 12.9. The molecule has 146 valence electrons. The van der Waals surface area contributed by atoms with Crippen LogP contribution in [-0.2, 0) is 11.3 Å². The molecule has 0 unspecified atom stereocenters. The molecule has 0 radical (unpaired) electrons. The zero-order valence-electron chi connectivity index (χ0n) is 15.7. The number of anilines is 1. The Balaban J connectivity index is 1.86. The van der Waals surface area contributed by atoms with Gasteiger partial charge in [-0.3, -0.25) is 14.2 Å². The minimum Gasteiger partial charge on any atom is -0.310 e. The van der Waals surface area contributed by atoms with Crippen LogP contribution < -0.4 is 10.9 Å². The minimum absolute atomic E-state index is 0.0754. The number of carbonyl (C=O) groups excluding carboxylic acids is 1. The van der Waals surface area contributed by atoms with Gasteiger partial charge in [-0.2, -0.15) is 0 Å². The number of thioether (sulfide) groups is 1. The van der Waals surface area contributed by atoms with Gasteiger partial charge in [0.15, 0.2) is 5.16 Å². The number of rotatable bonds is 7. The number of halogens is 1. The molecule has 1 atom stereocenters. The van der Waals surface area contributed by atoms with Gasteiger partial charge in [0.1, 0.15) is 5.82 Å². The second-order valence-corrected chi connectivity index (χ2v) is 8.08. The van der Waals surface area contributed by atoms with Crippen LogP contribution in [0.15, 0.2) is 52.5 Å². The fourth-order valence-electron chi connectivity index (χ4n) is 2.64. The van der Waals surface area contributed by atoms with Gasteiger partial charge in [-0.15, -0.1) is 0 Å². The van der Waals surface area contributed by atoms with Gasteiger partial charge < -0.3 is 5.32 Å². The number of benzene rings is 1. The summed E-state index contributed by atoms with van der Waals surface area (Å²) in [7, 11) is 0. The van der Waals surface area contributed by atoms with E-state index >= 15 is 0 Å². The Morgan fingerprint density at radius 3 is 2.79 bits per heavy atom. The number of nitrogens with zero attached hydrogens (tertiary/aromatic N) is 3. The molecule has 8 heteroatoms. The maximum Gasteiger partial charge on any atom is 0.262 e. The molecule has 3 rings (SSSR count). The maximum atomic E-state index is 12.9. The van der Waals surface area contributed by atoms with Crippen LogP contribution in [0.4, 0.5) is 5.82 Å². The summed E-state index contributed by atoms with van der Waals surface area (Å²) in [6, 6.07) is 10.6. The molecule has 1 amide bonds. The SMILES string of the molecule is CCCCn1c(S[C@H](C)C(=O)Nc2ccc(Cl)cn2)nc2ccccc2c1=O. The molecular formula is C20H21ClN4O2S. The monoisotopic (exact) mass is 416 g/mol. The van der Waals surface area contributed by atoms with Gasteiger partial charge in [0.25, 0.3) is 5.56 Å². The van der Waals surface area contributed by atoms with E-state index in [9.17, 15) is 9.59 Å². The third-order valence-electron chi connectivity index (χ3n) is 4.19. The van der Waals surface area contributed by atoms with Crippen molar-refractivity contribution in [2.75, 3.05) is 5.32 Å². The second kappa shape index (κ2) is 9.21. The molecule has 1 aromatic carbocycles. The largest absolute Gasteiger partial charge is 0.310 e. The van der Waals surface area contributed by atoms with Crippen molar-refractivity contribution in [2.45, 2.75) is 43.6 Å². The molecule has 0 aliphatic carbocycles. The van der Waals surface area contributed by atoms with Crippen LogP contribution in [-0.4, -0.2) is 25.7 Å². The molecule has 0 aliphatic heterocycles. The van der Waals surface area contributed by atoms with Crippen LogP contribution >= 0.6 is 23.4 Å². The number of unbranched alkanes of at least 4 members (excludes halogenated alkanes) is 1. The summed E-state index contributed by atoms with van der Waals surface area (Å²) in [6.07, 6.45) is 3.30. The summed E-state index contributed by atoms with van der Waals surface area (Å²) >= 11 is 7.09. The minimum atomic E-state index is -0.460. The second-order valence-electron chi connectivity index (χ2n) is 6.33. The van der Waals surface area contributed by atoms with Crippen LogP contribution in [0.25, 0.3) is 10.9 Å². The van der Waals surface area contributed by atoms with E-state index < -0.39 is 5.25 Å². The molecule has 0 spiro atoms. The average molecular weight is 417 g/mol. The lowest BCUT2D eigenvalue weighted by atomic mass is 10.2. The fraction of sp³-hybridized carbons (Fsp3) is 0.300. The van der Waals surface area contributed by atoms with Gasteiger partial charge in [0.2, 0.25) is 5.91 Å². The number of aromatic nitrogens is 3. The van der Waals surface area contributed by atoms with Crippen molar-refractivity contribution in [1.29, 1.82) is 0 Å². The van der Waals surface area contributed by atoms with Gasteiger partial charge in [-0.1, -0.05) is 48.8 Å². The van der Waals surface area contributed by atoms with Crippen molar-refractivity contribution in [3.63, 3.8) is 0 Å². The number of pyridine rings is 1. The average Bonchev–Trinajstić information content (AvgIpc) is 2.69. The zero-order valence-corrected chi connectivity index (χ0v) is 17.3. The zero-order chi connectivity index (χ0) is 20.1. The van der Waals surface area contributed by atoms with Gasteiger partial charge in [-0.05, 0) is 37.6 Å². The number of para-hydroxylation sites is 1. The molecule has 0 saturated carbocycles. The number of nitrogens with one attached hydrogen (secondary N) is 1. The van der Waals surface area contributed by atoms with E-state index in [4.69, 9.17) is 11.6 Å². The van der Waals surface area contributed by atoms with E-state index in [-0.39, 0.29) is 11.5 Å². The van der Waals surface area contributed by atoms with Crippen LogP contribution in [0.2, 0.25) is 5.02 Å². The third kappa shape index (κ3) is 4.72. The van der Waals surface area contributed by atoms with Crippen LogP contribution in [0, 0.1) is 0 Å². The van der Waals surface area contributed by atoms with Crippen molar-refractivity contribution in [3.05, 3.63) is 58.0 Å². The summed E-state index contributed by atoms with van der Waals surface area (Å²) in [5.41, 5.74) is 0.559. The standard InChI is InChI=1S/C20H21ClN4O2S/c1-3-4-11-25-19(27)15-7-5-6-8-16(15)23-20(25)28-13(2)18(26)24-17-10-9-14(21)12-22-17/h5-10,12-13H,3-4,11H2,1-2H3,(H,22,24,26)/t13-/m1/s1. The first-order valence-electron chi connectivity index (χ1n) is 9.08. The number of hydrogen-bond acceptors (Lipinski definition) is 5. The Hall–Kier alpha value is -2.38. The normalized spacial score (nSPS) is 12.1. The predicted octanol–water partition coefficient (Wildman–Crippen LogP) is 4.36. The lowest BCUT2D eigenvalue weighted by molar-refractivity contribution is -0.115. The molecule has 28 heavy (non-hydrogen) atoms. The Kier molecular flexibility index (Phi) is 6.70. The quantitative estimate of drug-likeness (QED) is 0.457. The summed E-state index contributed by atoms with van der Waals surface area (Å²) in [5, 5.41) is 3.93. The van der Waals surface area contributed by atoms with Crippen molar-refractivity contribution in [2.24, 2.45) is 0 Å². The van der Waals surface area contributed by atoms with Gasteiger partial charge in [0, 0.05) is 12.7 Å². The Bertz CT molecular complexity index is 1040. The molecule has 0 saturated heterocycles. The van der Waals surface area contributed by atoms with Crippen molar-refractivity contribution >= 4 is 46.0 Å². The lowest BCUT2D eigenvalue weighted by Gasteiger charge is -2.16. The molecule has 0 aliphatic rings. The molecule has 6 nitrogen and oxygen atoms in total. The molecule has 0 bridgehead atoms. The fourth-order valence-corrected chi connectivity index (χ4v) is 3.69. The lowest BCUT2D eigenvalue weighted by Crippen LogP contribution is -2.27. The van der Waals surface area contributed by atoms with Crippen molar-refractivity contribution in [1.82, 2.24) is 14.5 Å². The Morgan fingerprint density at radius 1 is 1.29 bits per heavy atom. The van der Waals surface area contributed by atoms with E-state index in [0.29, 0.717) is 33.4 Å². The third-order valence-corrected chi connectivity index (χ3v) is 5.51. The molecule has 0 fully saturated rings. The highest BCUT2D eigenvalue weighted by molar-refractivity contribution is 8.00. The smallest absolute Gasteiger partial charge is 0.262 e. The molecule has 2 aromatic heterocycles. The number of carbonyl (C=O) groups is 1. The summed E-state index contributed by atoms with van der Waals surface area (Å²) in [4.78, 5) is 34.2. The van der Waals surface area contributed by atoms with Crippen LogP contribution in [0.1, 0.15) is 26.7 Å². The molecule has 3 aromatic rings. The highest BCUT2D eigenvalue weighted by Gasteiger charge is 2.19. The molecule has 2 heterocycles. The first-order chi connectivity index (χ1) is 13.5. The van der Waals surface area contributed by atoms with Crippen molar-refractivity contribution in [3.8, 4) is 0 Å². The summed E-state index contributed by atoms with van der Waals surface area (Å²) in [6.45, 7) is 4.42. The predicted molar refractivity (Wildman–Crippen MR) is 114 cm³/mol.